The van der Waals surface area contributed by atoms with Crippen LogP contribution in [-0.2, 0) is 0 Å². The molecule has 1 amide bonds. The number of aliphatic hydroxyl groups is 1. The summed E-state index contributed by atoms with van der Waals surface area (Å²) in [4.78, 5) is 28.1. The van der Waals surface area contributed by atoms with E-state index in [0.29, 0.717) is 13.0 Å². The molecule has 1 aliphatic rings. The van der Waals surface area contributed by atoms with Crippen molar-refractivity contribution in [3.8, 4) is 0 Å². The largest absolute Gasteiger partial charge is 0.477 e. The number of carboxylic acid groups (broad SMARTS) is 1. The number of likely N-dealkylation sites (tertiary alicyclic amines) is 1. The van der Waals surface area contributed by atoms with Crippen LogP contribution in [0.1, 0.15) is 34.3 Å². The predicted octanol–water partition coefficient (Wildman–Crippen LogP) is 0.377. The Bertz CT molecular complexity index is 499. The smallest absolute Gasteiger partial charge is 0.354 e. The zero-order valence-electron chi connectivity index (χ0n) is 9.96. The number of aromatic nitrogens is 1. The summed E-state index contributed by atoms with van der Waals surface area (Å²) in [6.45, 7) is 2.36. The molecular weight excluding hydrogens is 236 g/mol. The van der Waals surface area contributed by atoms with Gasteiger partial charge in [0, 0.05) is 13.1 Å². The van der Waals surface area contributed by atoms with Gasteiger partial charge in [-0.1, -0.05) is 6.07 Å². The topological polar surface area (TPSA) is 90.7 Å². The van der Waals surface area contributed by atoms with Gasteiger partial charge in [0.25, 0.3) is 5.91 Å². The lowest BCUT2D eigenvalue weighted by Crippen LogP contribution is -2.34. The van der Waals surface area contributed by atoms with Crippen LogP contribution in [0.4, 0.5) is 0 Å². The van der Waals surface area contributed by atoms with Gasteiger partial charge in [-0.2, -0.15) is 0 Å². The fraction of sp³-hybridized carbons (Fsp3) is 0.417. The van der Waals surface area contributed by atoms with Crippen molar-refractivity contribution >= 4 is 11.9 Å². The number of β-amino-alcohol motifs (C(OH)–C–C–N with tert-alkyl or cyclic N) is 1. The van der Waals surface area contributed by atoms with Gasteiger partial charge in [0.2, 0.25) is 0 Å². The Morgan fingerprint density at radius 1 is 1.39 bits per heavy atom. The van der Waals surface area contributed by atoms with E-state index >= 15 is 0 Å². The molecule has 1 aromatic rings. The van der Waals surface area contributed by atoms with Crippen molar-refractivity contribution in [1.82, 2.24) is 9.88 Å². The molecule has 0 radical (unpaired) electrons. The maximum absolute atomic E-state index is 12.1. The van der Waals surface area contributed by atoms with Gasteiger partial charge in [-0.15, -0.1) is 0 Å². The lowest BCUT2D eigenvalue weighted by Gasteiger charge is -2.18. The molecule has 6 nitrogen and oxygen atoms in total. The molecule has 2 N–H and O–H groups in total. The SMILES string of the molecule is CC1(O)CCN(C(=O)c2cccc(C(=O)O)n2)C1. The first-order chi connectivity index (χ1) is 8.39. The number of rotatable bonds is 2. The zero-order chi connectivity index (χ0) is 13.3. The molecule has 0 aliphatic carbocycles. The molecule has 0 bridgehead atoms. The Kier molecular flexibility index (Phi) is 3.04. The summed E-state index contributed by atoms with van der Waals surface area (Å²) in [5, 5.41) is 18.6. The highest BCUT2D eigenvalue weighted by atomic mass is 16.4. The second-order valence-corrected chi connectivity index (χ2v) is 4.69. The Labute approximate surface area is 104 Å². The molecule has 0 aromatic carbocycles. The number of aromatic carboxylic acids is 1. The van der Waals surface area contributed by atoms with Gasteiger partial charge in [-0.25, -0.2) is 9.78 Å². The molecule has 0 spiro atoms. The highest BCUT2D eigenvalue weighted by molar-refractivity contribution is 5.94. The molecule has 1 aliphatic heterocycles. The average molecular weight is 250 g/mol. The van der Waals surface area contributed by atoms with Gasteiger partial charge in [-0.05, 0) is 25.5 Å². The number of nitrogens with zero attached hydrogens (tertiary/aromatic N) is 2. The highest BCUT2D eigenvalue weighted by Crippen LogP contribution is 2.21. The average Bonchev–Trinajstić information content (AvgIpc) is 2.69. The maximum Gasteiger partial charge on any atom is 0.354 e. The Balaban J connectivity index is 2.19. The van der Waals surface area contributed by atoms with Crippen molar-refractivity contribution in [2.24, 2.45) is 0 Å². The van der Waals surface area contributed by atoms with Gasteiger partial charge < -0.3 is 15.1 Å². The molecule has 1 fully saturated rings. The van der Waals surface area contributed by atoms with Gasteiger partial charge in [0.15, 0.2) is 0 Å². The third-order valence-electron chi connectivity index (χ3n) is 2.93. The van der Waals surface area contributed by atoms with Crippen LogP contribution in [0, 0.1) is 0 Å². The third kappa shape index (κ3) is 2.48. The normalized spacial score (nSPS) is 23.1. The zero-order valence-corrected chi connectivity index (χ0v) is 9.96. The van der Waals surface area contributed by atoms with Gasteiger partial charge in [0.05, 0.1) is 5.60 Å². The molecule has 6 heteroatoms. The molecule has 2 heterocycles. The summed E-state index contributed by atoms with van der Waals surface area (Å²) in [6, 6.07) is 4.29. The lowest BCUT2D eigenvalue weighted by molar-refractivity contribution is 0.0568. The number of amides is 1. The van der Waals surface area contributed by atoms with Gasteiger partial charge in [-0.3, -0.25) is 4.79 Å². The number of carboxylic acids is 1. The van der Waals surface area contributed by atoms with Crippen molar-refractivity contribution in [3.05, 3.63) is 29.6 Å². The molecule has 1 saturated heterocycles. The van der Waals surface area contributed by atoms with Crippen LogP contribution in [-0.4, -0.2) is 50.7 Å². The van der Waals surface area contributed by atoms with E-state index in [1.807, 2.05) is 0 Å². The van der Waals surface area contributed by atoms with E-state index in [4.69, 9.17) is 5.11 Å². The van der Waals surface area contributed by atoms with Gasteiger partial charge in [0.1, 0.15) is 11.4 Å². The van der Waals surface area contributed by atoms with Crippen molar-refractivity contribution in [2.75, 3.05) is 13.1 Å². The van der Waals surface area contributed by atoms with Crippen LogP contribution < -0.4 is 0 Å². The second-order valence-electron chi connectivity index (χ2n) is 4.69. The quantitative estimate of drug-likeness (QED) is 0.791. The Morgan fingerprint density at radius 3 is 2.61 bits per heavy atom. The second kappa shape index (κ2) is 4.38. The van der Waals surface area contributed by atoms with Crippen molar-refractivity contribution < 1.29 is 19.8 Å². The minimum absolute atomic E-state index is 0.0904. The monoisotopic (exact) mass is 250 g/mol. The van der Waals surface area contributed by atoms with E-state index in [9.17, 15) is 14.7 Å². The van der Waals surface area contributed by atoms with Crippen LogP contribution in [0.5, 0.6) is 0 Å². The number of carbonyl (C=O) groups excluding carboxylic acids is 1. The third-order valence-corrected chi connectivity index (χ3v) is 2.93. The van der Waals surface area contributed by atoms with Gasteiger partial charge >= 0.3 is 5.97 Å². The molecule has 0 saturated carbocycles. The summed E-state index contributed by atoms with van der Waals surface area (Å²) in [6.07, 6.45) is 0.511. The van der Waals surface area contributed by atoms with E-state index in [1.54, 1.807) is 6.92 Å². The van der Waals surface area contributed by atoms with Crippen LogP contribution in [0.3, 0.4) is 0 Å². The van der Waals surface area contributed by atoms with Crippen LogP contribution >= 0.6 is 0 Å². The Hall–Kier alpha value is -1.95. The standard InChI is InChI=1S/C12H14N2O4/c1-12(18)5-6-14(7-12)10(15)8-3-2-4-9(13-8)11(16)17/h2-4,18H,5-7H2,1H3,(H,16,17). The molecule has 1 atom stereocenters. The lowest BCUT2D eigenvalue weighted by atomic mass is 10.1. The molecular formula is C12H14N2O4. The number of carbonyl (C=O) groups is 2. The minimum atomic E-state index is -1.17. The van der Waals surface area contributed by atoms with Crippen LogP contribution in [0.25, 0.3) is 0 Å². The van der Waals surface area contributed by atoms with Crippen molar-refractivity contribution in [3.63, 3.8) is 0 Å². The summed E-state index contributed by atoms with van der Waals surface area (Å²) < 4.78 is 0. The van der Waals surface area contributed by atoms with E-state index in [-0.39, 0.29) is 23.8 Å². The number of hydrogen-bond acceptors (Lipinski definition) is 4. The fourth-order valence-corrected chi connectivity index (χ4v) is 1.95. The van der Waals surface area contributed by atoms with Crippen LogP contribution in [0.15, 0.2) is 18.2 Å². The molecule has 96 valence electrons. The first-order valence-electron chi connectivity index (χ1n) is 5.61. The van der Waals surface area contributed by atoms with Crippen molar-refractivity contribution in [1.29, 1.82) is 0 Å². The van der Waals surface area contributed by atoms with E-state index in [2.05, 4.69) is 4.98 Å². The molecule has 2 rings (SSSR count). The minimum Gasteiger partial charge on any atom is -0.477 e. The Morgan fingerprint density at radius 2 is 2.06 bits per heavy atom. The predicted molar refractivity (Wildman–Crippen MR) is 62.3 cm³/mol. The van der Waals surface area contributed by atoms with E-state index in [0.717, 1.165) is 0 Å². The number of pyridine rings is 1. The first kappa shape index (κ1) is 12.5. The summed E-state index contributed by atoms with van der Waals surface area (Å²) in [5.74, 6) is -1.52. The highest BCUT2D eigenvalue weighted by Gasteiger charge is 2.34. The first-order valence-corrected chi connectivity index (χ1v) is 5.61. The van der Waals surface area contributed by atoms with E-state index in [1.165, 1.54) is 23.1 Å². The molecule has 1 unspecified atom stereocenters. The molecule has 1 aromatic heterocycles. The maximum atomic E-state index is 12.1. The van der Waals surface area contributed by atoms with Crippen LogP contribution in [0.2, 0.25) is 0 Å². The van der Waals surface area contributed by atoms with Crippen molar-refractivity contribution in [2.45, 2.75) is 18.9 Å². The fourth-order valence-electron chi connectivity index (χ4n) is 1.95. The van der Waals surface area contributed by atoms with E-state index < -0.39 is 11.6 Å². The summed E-state index contributed by atoms with van der Waals surface area (Å²) in [5.41, 5.74) is -0.945. The number of hydrogen-bond donors (Lipinski definition) is 2. The summed E-state index contributed by atoms with van der Waals surface area (Å²) in [7, 11) is 0. The molecule has 18 heavy (non-hydrogen) atoms. The summed E-state index contributed by atoms with van der Waals surface area (Å²) >= 11 is 0.